The lowest BCUT2D eigenvalue weighted by atomic mass is 9.78. The number of aryl methyl sites for hydroxylation is 2. The highest BCUT2D eigenvalue weighted by Gasteiger charge is 2.20. The third-order valence-electron chi connectivity index (χ3n) is 6.19. The van der Waals surface area contributed by atoms with Gasteiger partial charge in [-0.2, -0.15) is 10.2 Å². The van der Waals surface area contributed by atoms with Gasteiger partial charge in [-0.1, -0.05) is 70.9 Å². The maximum atomic E-state index is 14.0. The number of nitrogens with zero attached hydrogens (tertiary/aromatic N) is 2. The minimum atomic E-state index is -0.157. The van der Waals surface area contributed by atoms with E-state index in [2.05, 4.69) is 23.2 Å². The summed E-state index contributed by atoms with van der Waals surface area (Å²) < 4.78 is 14.0. The molecule has 1 heterocycles. The van der Waals surface area contributed by atoms with Crippen LogP contribution in [0.2, 0.25) is 0 Å². The molecule has 0 amide bonds. The van der Waals surface area contributed by atoms with Gasteiger partial charge in [0, 0.05) is 5.56 Å². The van der Waals surface area contributed by atoms with Crippen LogP contribution in [0.4, 0.5) is 4.39 Å². The van der Waals surface area contributed by atoms with Gasteiger partial charge in [-0.15, -0.1) is 0 Å². The zero-order valence-corrected chi connectivity index (χ0v) is 16.9. The van der Waals surface area contributed by atoms with E-state index in [1.54, 1.807) is 6.07 Å². The summed E-state index contributed by atoms with van der Waals surface area (Å²) in [6, 6.07) is 9.38. The fourth-order valence-electron chi connectivity index (χ4n) is 4.29. The lowest BCUT2D eigenvalue weighted by molar-refractivity contribution is 0.249. The highest BCUT2D eigenvalue weighted by atomic mass is 19.1. The van der Waals surface area contributed by atoms with E-state index in [1.165, 1.54) is 51.4 Å². The van der Waals surface area contributed by atoms with Crippen molar-refractivity contribution in [3.8, 4) is 11.3 Å². The van der Waals surface area contributed by atoms with Crippen LogP contribution in [0.15, 0.2) is 30.3 Å². The van der Waals surface area contributed by atoms with Crippen LogP contribution in [0, 0.1) is 17.7 Å². The fraction of sp³-hybridized carbons (Fsp3) is 0.583. The van der Waals surface area contributed by atoms with Gasteiger partial charge >= 0.3 is 0 Å². The number of hydrogen-bond acceptors (Lipinski definition) is 2. The van der Waals surface area contributed by atoms with Gasteiger partial charge < -0.3 is 0 Å². The molecule has 0 spiro atoms. The molecule has 3 heteroatoms. The Morgan fingerprint density at radius 1 is 0.926 bits per heavy atom. The maximum Gasteiger partial charge on any atom is 0.127 e. The zero-order chi connectivity index (χ0) is 19.1. The van der Waals surface area contributed by atoms with Gasteiger partial charge in [-0.05, 0) is 54.9 Å². The summed E-state index contributed by atoms with van der Waals surface area (Å²) in [6.07, 6.45) is 12.6. The van der Waals surface area contributed by atoms with Crippen molar-refractivity contribution in [3.05, 3.63) is 47.4 Å². The van der Waals surface area contributed by atoms with Crippen LogP contribution >= 0.6 is 0 Å². The first-order valence-electron chi connectivity index (χ1n) is 10.8. The molecule has 1 aromatic carbocycles. The molecule has 3 rings (SSSR count). The van der Waals surface area contributed by atoms with Gasteiger partial charge in [0.15, 0.2) is 0 Å². The second-order valence-corrected chi connectivity index (χ2v) is 8.14. The van der Waals surface area contributed by atoms with Gasteiger partial charge in [0.25, 0.3) is 0 Å². The van der Waals surface area contributed by atoms with Crippen molar-refractivity contribution in [2.45, 2.75) is 78.1 Å². The summed E-state index contributed by atoms with van der Waals surface area (Å²) in [4.78, 5) is 0. The number of hydrogen-bond donors (Lipinski definition) is 0. The summed E-state index contributed by atoms with van der Waals surface area (Å²) in [5.41, 5.74) is 3.34. The van der Waals surface area contributed by atoms with Crippen molar-refractivity contribution in [2.75, 3.05) is 0 Å². The lowest BCUT2D eigenvalue weighted by Gasteiger charge is -2.28. The topological polar surface area (TPSA) is 25.8 Å². The molecule has 1 aliphatic carbocycles. The Labute approximate surface area is 163 Å². The smallest absolute Gasteiger partial charge is 0.127 e. The van der Waals surface area contributed by atoms with Crippen LogP contribution < -0.4 is 0 Å². The van der Waals surface area contributed by atoms with E-state index >= 15 is 0 Å². The molecule has 0 N–H and O–H groups in total. The normalized spacial score (nSPS) is 20.0. The highest BCUT2D eigenvalue weighted by molar-refractivity contribution is 5.59. The minimum absolute atomic E-state index is 0.157. The van der Waals surface area contributed by atoms with Crippen molar-refractivity contribution in [1.82, 2.24) is 10.2 Å². The Morgan fingerprint density at radius 2 is 1.67 bits per heavy atom. The molecule has 1 fully saturated rings. The average Bonchev–Trinajstić information content (AvgIpc) is 2.72. The van der Waals surface area contributed by atoms with Crippen molar-refractivity contribution in [2.24, 2.45) is 11.8 Å². The summed E-state index contributed by atoms with van der Waals surface area (Å²) in [5.74, 6) is 1.66. The third kappa shape index (κ3) is 5.60. The zero-order valence-electron chi connectivity index (χ0n) is 16.9. The van der Waals surface area contributed by atoms with Gasteiger partial charge in [0.05, 0.1) is 11.4 Å². The van der Waals surface area contributed by atoms with E-state index in [0.717, 1.165) is 40.8 Å². The summed E-state index contributed by atoms with van der Waals surface area (Å²) in [6.45, 7) is 4.25. The Bertz CT molecular complexity index is 703. The Kier molecular flexibility index (Phi) is 7.37. The van der Waals surface area contributed by atoms with E-state index < -0.39 is 0 Å². The van der Waals surface area contributed by atoms with Gasteiger partial charge in [-0.3, -0.25) is 0 Å². The monoisotopic (exact) mass is 368 g/mol. The van der Waals surface area contributed by atoms with Crippen LogP contribution in [0.5, 0.6) is 0 Å². The van der Waals surface area contributed by atoms with Gasteiger partial charge in [-0.25, -0.2) is 4.39 Å². The Morgan fingerprint density at radius 3 is 2.26 bits per heavy atom. The molecule has 0 radical (unpaired) electrons. The van der Waals surface area contributed by atoms with Crippen LogP contribution in [0.3, 0.4) is 0 Å². The SMILES string of the molecule is CCCCC1CCC(CCc2ccc(-c3ccc(CC)c(F)c3)nn2)CC1. The van der Waals surface area contributed by atoms with Crippen molar-refractivity contribution >= 4 is 0 Å². The molecule has 0 saturated heterocycles. The molecule has 146 valence electrons. The van der Waals surface area contributed by atoms with Crippen LogP contribution in [-0.2, 0) is 12.8 Å². The van der Waals surface area contributed by atoms with E-state index in [4.69, 9.17) is 0 Å². The number of aromatic nitrogens is 2. The molecule has 2 nitrogen and oxygen atoms in total. The number of unbranched alkanes of at least 4 members (excludes halogenated alkanes) is 1. The first kappa shape index (κ1) is 20.0. The predicted octanol–water partition coefficient (Wildman–Crippen LogP) is 6.77. The maximum absolute atomic E-state index is 14.0. The van der Waals surface area contributed by atoms with E-state index in [9.17, 15) is 4.39 Å². The lowest BCUT2D eigenvalue weighted by Crippen LogP contribution is -2.15. The Balaban J connectivity index is 1.49. The second-order valence-electron chi connectivity index (χ2n) is 8.14. The standard InChI is InChI=1S/C24H33FN2/c1-3-5-6-18-7-9-19(10-8-18)11-14-22-15-16-24(27-26-22)21-13-12-20(4-2)23(25)17-21/h12-13,15-19H,3-11,14H2,1-2H3. The van der Waals surface area contributed by atoms with Crippen LogP contribution in [-0.4, -0.2) is 10.2 Å². The Hall–Kier alpha value is -1.77. The van der Waals surface area contributed by atoms with Crippen molar-refractivity contribution in [1.29, 1.82) is 0 Å². The molecule has 0 aliphatic heterocycles. The minimum Gasteiger partial charge on any atom is -0.207 e. The molecule has 0 unspecified atom stereocenters. The van der Waals surface area contributed by atoms with Gasteiger partial charge in [0.2, 0.25) is 0 Å². The molecular formula is C24H33FN2. The summed E-state index contributed by atoms with van der Waals surface area (Å²) in [5, 5.41) is 8.73. The third-order valence-corrected chi connectivity index (χ3v) is 6.19. The average molecular weight is 369 g/mol. The van der Waals surface area contributed by atoms with Gasteiger partial charge in [0.1, 0.15) is 5.82 Å². The molecular weight excluding hydrogens is 335 g/mol. The molecule has 1 saturated carbocycles. The van der Waals surface area contributed by atoms with Crippen LogP contribution in [0.1, 0.15) is 76.5 Å². The van der Waals surface area contributed by atoms with Crippen LogP contribution in [0.25, 0.3) is 11.3 Å². The molecule has 2 aromatic rings. The van der Waals surface area contributed by atoms with Crippen molar-refractivity contribution < 1.29 is 4.39 Å². The van der Waals surface area contributed by atoms with E-state index in [0.29, 0.717) is 6.42 Å². The second kappa shape index (κ2) is 9.96. The molecule has 0 atom stereocenters. The molecule has 27 heavy (non-hydrogen) atoms. The van der Waals surface area contributed by atoms with E-state index in [-0.39, 0.29) is 5.82 Å². The summed E-state index contributed by atoms with van der Waals surface area (Å²) >= 11 is 0. The highest BCUT2D eigenvalue weighted by Crippen LogP contribution is 2.34. The van der Waals surface area contributed by atoms with E-state index in [1.807, 2.05) is 25.1 Å². The fourth-order valence-corrected chi connectivity index (χ4v) is 4.29. The van der Waals surface area contributed by atoms with Crippen molar-refractivity contribution in [3.63, 3.8) is 0 Å². The quantitative estimate of drug-likeness (QED) is 0.513. The largest absolute Gasteiger partial charge is 0.207 e. The number of benzene rings is 1. The molecule has 1 aliphatic rings. The molecule has 0 bridgehead atoms. The number of halogens is 1. The number of rotatable bonds is 8. The first-order valence-corrected chi connectivity index (χ1v) is 10.8. The predicted molar refractivity (Wildman–Crippen MR) is 110 cm³/mol. The first-order chi connectivity index (χ1) is 13.2. The molecule has 1 aromatic heterocycles. The summed E-state index contributed by atoms with van der Waals surface area (Å²) in [7, 11) is 0.